The van der Waals surface area contributed by atoms with E-state index in [4.69, 9.17) is 16.3 Å². The summed E-state index contributed by atoms with van der Waals surface area (Å²) in [5.74, 6) is -0.763. The van der Waals surface area contributed by atoms with Crippen molar-refractivity contribution >= 4 is 17.5 Å². The van der Waals surface area contributed by atoms with Gasteiger partial charge >= 0.3 is 0 Å². The number of carbonyl (C=O) groups is 1. The Labute approximate surface area is 123 Å². The molecule has 1 aromatic rings. The van der Waals surface area contributed by atoms with Gasteiger partial charge in [0.25, 0.3) is 0 Å². The van der Waals surface area contributed by atoms with Crippen molar-refractivity contribution in [2.75, 3.05) is 26.1 Å². The molecule has 4 nitrogen and oxygen atoms in total. The predicted octanol–water partition coefficient (Wildman–Crippen LogP) is 1.79. The van der Waals surface area contributed by atoms with E-state index in [9.17, 15) is 14.3 Å². The normalized spacial score (nSPS) is 13.8. The Balaban J connectivity index is 2.84. The van der Waals surface area contributed by atoms with Crippen LogP contribution in [-0.2, 0) is 16.1 Å². The lowest BCUT2D eigenvalue weighted by molar-refractivity contribution is -0.135. The number of aliphatic hydroxyl groups excluding tert-OH is 1. The van der Waals surface area contributed by atoms with Crippen LogP contribution >= 0.6 is 11.6 Å². The van der Waals surface area contributed by atoms with E-state index in [0.717, 1.165) is 5.56 Å². The Morgan fingerprint density at radius 1 is 1.45 bits per heavy atom. The second-order valence-corrected chi connectivity index (χ2v) is 5.09. The molecule has 0 saturated carbocycles. The van der Waals surface area contributed by atoms with Gasteiger partial charge < -0.3 is 14.7 Å². The molecule has 0 saturated heterocycles. The molecule has 0 aromatic heterocycles. The van der Waals surface area contributed by atoms with Gasteiger partial charge in [0.2, 0.25) is 5.91 Å². The van der Waals surface area contributed by atoms with E-state index >= 15 is 0 Å². The van der Waals surface area contributed by atoms with Crippen molar-refractivity contribution in [1.29, 1.82) is 0 Å². The number of ether oxygens (including phenoxy) is 1. The van der Waals surface area contributed by atoms with Crippen LogP contribution in [0.1, 0.15) is 12.5 Å². The highest BCUT2D eigenvalue weighted by molar-refractivity contribution is 6.27. The highest BCUT2D eigenvalue weighted by atomic mass is 35.5. The van der Waals surface area contributed by atoms with E-state index in [1.165, 1.54) is 24.1 Å². The lowest BCUT2D eigenvalue weighted by atomic mass is 10.1. The van der Waals surface area contributed by atoms with E-state index < -0.39 is 5.60 Å². The molecule has 112 valence electrons. The molecule has 1 rings (SSSR count). The topological polar surface area (TPSA) is 49.8 Å². The number of benzene rings is 1. The van der Waals surface area contributed by atoms with Crippen molar-refractivity contribution in [3.63, 3.8) is 0 Å². The van der Waals surface area contributed by atoms with Crippen LogP contribution < -0.4 is 0 Å². The summed E-state index contributed by atoms with van der Waals surface area (Å²) in [5.41, 5.74) is -0.0804. The Bertz CT molecular complexity index is 435. The maximum absolute atomic E-state index is 12.9. The molecule has 0 aliphatic heterocycles. The fourth-order valence-electron chi connectivity index (χ4n) is 1.71. The van der Waals surface area contributed by atoms with Crippen molar-refractivity contribution in [1.82, 2.24) is 4.90 Å². The summed E-state index contributed by atoms with van der Waals surface area (Å²) in [4.78, 5) is 13.4. The molecule has 0 aliphatic rings. The third-order valence-corrected chi connectivity index (χ3v) is 3.33. The van der Waals surface area contributed by atoms with Gasteiger partial charge in [0.15, 0.2) is 0 Å². The van der Waals surface area contributed by atoms with Crippen molar-refractivity contribution < 1.29 is 19.0 Å². The molecule has 0 spiro atoms. The standard InChI is InChI=1S/C14H19ClFNO3/c1-14(10-18,20-2)9-17(13(19)7-15)8-11-3-5-12(16)6-4-11/h3-6,18H,7-10H2,1-2H3. The molecule has 1 unspecified atom stereocenters. The van der Waals surface area contributed by atoms with Gasteiger partial charge in [-0.3, -0.25) is 4.79 Å². The third kappa shape index (κ3) is 4.74. The van der Waals surface area contributed by atoms with Gasteiger partial charge in [-0.15, -0.1) is 11.6 Å². The molecule has 0 heterocycles. The van der Waals surface area contributed by atoms with Crippen molar-refractivity contribution in [2.24, 2.45) is 0 Å². The smallest absolute Gasteiger partial charge is 0.237 e. The minimum Gasteiger partial charge on any atom is -0.393 e. The van der Waals surface area contributed by atoms with Crippen LogP contribution in [0.25, 0.3) is 0 Å². The second-order valence-electron chi connectivity index (χ2n) is 4.82. The van der Waals surface area contributed by atoms with E-state index in [2.05, 4.69) is 0 Å². The van der Waals surface area contributed by atoms with E-state index in [1.54, 1.807) is 19.1 Å². The number of aliphatic hydroxyl groups is 1. The summed E-state index contributed by atoms with van der Waals surface area (Å²) in [6, 6.07) is 5.88. The summed E-state index contributed by atoms with van der Waals surface area (Å²) < 4.78 is 18.1. The summed E-state index contributed by atoms with van der Waals surface area (Å²) in [6.07, 6.45) is 0. The first-order valence-electron chi connectivity index (χ1n) is 6.18. The number of nitrogens with zero attached hydrogens (tertiary/aromatic N) is 1. The summed E-state index contributed by atoms with van der Waals surface area (Å²) in [7, 11) is 1.47. The van der Waals surface area contributed by atoms with Gasteiger partial charge in [-0.2, -0.15) is 0 Å². The Kier molecular flexibility index (Phi) is 6.39. The van der Waals surface area contributed by atoms with Crippen LogP contribution in [0.2, 0.25) is 0 Å². The maximum atomic E-state index is 12.9. The molecular weight excluding hydrogens is 285 g/mol. The molecule has 0 bridgehead atoms. The average Bonchev–Trinajstić information content (AvgIpc) is 2.47. The zero-order chi connectivity index (χ0) is 15.2. The Morgan fingerprint density at radius 2 is 2.05 bits per heavy atom. The first kappa shape index (κ1) is 16.9. The van der Waals surface area contributed by atoms with Crippen LogP contribution in [0, 0.1) is 5.82 Å². The molecule has 20 heavy (non-hydrogen) atoms. The maximum Gasteiger partial charge on any atom is 0.237 e. The fourth-order valence-corrected chi connectivity index (χ4v) is 1.88. The van der Waals surface area contributed by atoms with E-state index in [0.29, 0.717) is 0 Å². The Morgan fingerprint density at radius 3 is 2.50 bits per heavy atom. The van der Waals surface area contributed by atoms with Gasteiger partial charge in [-0.05, 0) is 24.6 Å². The number of hydrogen-bond donors (Lipinski definition) is 1. The molecule has 1 amide bonds. The van der Waals surface area contributed by atoms with Crippen molar-refractivity contribution in [3.05, 3.63) is 35.6 Å². The summed E-state index contributed by atoms with van der Waals surface area (Å²) in [6.45, 7) is 1.96. The first-order valence-corrected chi connectivity index (χ1v) is 6.72. The SMILES string of the molecule is COC(C)(CO)CN(Cc1ccc(F)cc1)C(=O)CCl. The van der Waals surface area contributed by atoms with Gasteiger partial charge in [-0.1, -0.05) is 12.1 Å². The lowest BCUT2D eigenvalue weighted by Gasteiger charge is -2.33. The number of alkyl halides is 1. The van der Waals surface area contributed by atoms with Crippen molar-refractivity contribution in [2.45, 2.75) is 19.1 Å². The largest absolute Gasteiger partial charge is 0.393 e. The highest BCUT2D eigenvalue weighted by Gasteiger charge is 2.28. The second kappa shape index (κ2) is 7.57. The predicted molar refractivity (Wildman–Crippen MR) is 75.0 cm³/mol. The fraction of sp³-hybridized carbons (Fsp3) is 0.500. The quantitative estimate of drug-likeness (QED) is 0.781. The van der Waals surface area contributed by atoms with Crippen LogP contribution in [0.3, 0.4) is 0 Å². The lowest BCUT2D eigenvalue weighted by Crippen LogP contribution is -2.47. The molecule has 0 aliphatic carbocycles. The number of carbonyl (C=O) groups excluding carboxylic acids is 1. The molecule has 0 fully saturated rings. The minimum atomic E-state index is -0.859. The number of amides is 1. The van der Waals surface area contributed by atoms with Crippen LogP contribution in [0.5, 0.6) is 0 Å². The number of rotatable bonds is 7. The number of hydrogen-bond acceptors (Lipinski definition) is 3. The summed E-state index contributed by atoms with van der Waals surface area (Å²) >= 11 is 5.60. The highest BCUT2D eigenvalue weighted by Crippen LogP contribution is 2.15. The van der Waals surface area contributed by atoms with E-state index in [1.807, 2.05) is 0 Å². The monoisotopic (exact) mass is 303 g/mol. The number of methoxy groups -OCH3 is 1. The van der Waals surface area contributed by atoms with Gasteiger partial charge in [0, 0.05) is 13.7 Å². The van der Waals surface area contributed by atoms with Crippen molar-refractivity contribution in [3.8, 4) is 0 Å². The minimum absolute atomic E-state index is 0.160. The number of halogens is 2. The summed E-state index contributed by atoms with van der Waals surface area (Å²) in [5, 5.41) is 9.35. The molecule has 6 heteroatoms. The van der Waals surface area contributed by atoms with Crippen LogP contribution in [0.15, 0.2) is 24.3 Å². The molecule has 1 atom stereocenters. The van der Waals surface area contributed by atoms with E-state index in [-0.39, 0.29) is 37.3 Å². The molecule has 0 radical (unpaired) electrons. The average molecular weight is 304 g/mol. The Hall–Kier alpha value is -1.17. The molecular formula is C14H19ClFNO3. The zero-order valence-electron chi connectivity index (χ0n) is 11.6. The van der Waals surface area contributed by atoms with Gasteiger partial charge in [0.05, 0.1) is 13.2 Å². The molecule has 1 aromatic carbocycles. The first-order chi connectivity index (χ1) is 9.44. The van der Waals surface area contributed by atoms with Gasteiger partial charge in [-0.25, -0.2) is 4.39 Å². The third-order valence-electron chi connectivity index (χ3n) is 3.11. The molecule has 1 N–H and O–H groups in total. The zero-order valence-corrected chi connectivity index (χ0v) is 12.4. The van der Waals surface area contributed by atoms with Gasteiger partial charge in [0.1, 0.15) is 17.3 Å². The van der Waals surface area contributed by atoms with Crippen LogP contribution in [0.4, 0.5) is 4.39 Å². The van der Waals surface area contributed by atoms with Crippen LogP contribution in [-0.4, -0.2) is 47.7 Å².